The molecule has 1 saturated carbocycles. The molecule has 1 aliphatic carbocycles. The van der Waals surface area contributed by atoms with Crippen molar-refractivity contribution < 1.29 is 22.1 Å². The van der Waals surface area contributed by atoms with Crippen LogP contribution in [-0.4, -0.2) is 49.6 Å². The quantitative estimate of drug-likeness (QED) is 0.532. The van der Waals surface area contributed by atoms with Crippen LogP contribution in [0.2, 0.25) is 0 Å². The first-order valence-electron chi connectivity index (χ1n) is 11.0. The van der Waals surface area contributed by atoms with Gasteiger partial charge in [0.05, 0.1) is 23.2 Å². The Hall–Kier alpha value is -3.11. The molecule has 2 N–H and O–H groups in total. The minimum Gasteiger partial charge on any atom is -0.379 e. The highest BCUT2D eigenvalue weighted by atomic mass is 32.2. The Kier molecular flexibility index (Phi) is 5.49. The molecule has 1 saturated heterocycles. The molecule has 33 heavy (non-hydrogen) atoms. The molecule has 0 unspecified atom stereocenters. The Morgan fingerprint density at radius 3 is 2.48 bits per heavy atom. The molecular weight excluding hydrogens is 444 g/mol. The maximum absolute atomic E-state index is 12.8. The van der Waals surface area contributed by atoms with Crippen molar-refractivity contribution in [1.29, 1.82) is 0 Å². The lowest BCUT2D eigenvalue weighted by atomic mass is 10.2. The summed E-state index contributed by atoms with van der Waals surface area (Å²) in [6, 6.07) is 11.4. The molecule has 2 atom stereocenters. The van der Waals surface area contributed by atoms with Crippen molar-refractivity contribution in [2.24, 2.45) is 5.92 Å². The van der Waals surface area contributed by atoms with E-state index < -0.39 is 10.1 Å². The summed E-state index contributed by atoms with van der Waals surface area (Å²) in [5, 5.41) is 2.75. The standard InChI is InChI=1S/C23H26N4O5S/c1-14-12-27(13-15(2)31-14)17-5-8-19(9-6-17)33(29,30)32-18-7-10-20-21(11-18)25-23(24-20)26-22(28)16-3-4-16/h5-11,14-16H,3-4,12-13H2,1-2H3,(H2,24,25,26,28)/t14-,15+. The average molecular weight is 471 g/mol. The van der Waals surface area contributed by atoms with Gasteiger partial charge in [0, 0.05) is 30.8 Å². The van der Waals surface area contributed by atoms with Crippen molar-refractivity contribution in [1.82, 2.24) is 9.97 Å². The molecular formula is C23H26N4O5S. The number of nitrogens with one attached hydrogen (secondary N) is 2. The maximum Gasteiger partial charge on any atom is 0.339 e. The third-order valence-corrected chi connectivity index (χ3v) is 7.02. The number of carbonyl (C=O) groups is 1. The number of aromatic amines is 1. The number of amides is 1. The molecule has 1 aromatic heterocycles. The zero-order valence-electron chi connectivity index (χ0n) is 18.4. The summed E-state index contributed by atoms with van der Waals surface area (Å²) in [4.78, 5) is 21.5. The van der Waals surface area contributed by atoms with E-state index in [9.17, 15) is 13.2 Å². The number of benzene rings is 2. The molecule has 0 spiro atoms. The normalized spacial score (nSPS) is 21.2. The number of morpholine rings is 1. The molecule has 3 aromatic rings. The van der Waals surface area contributed by atoms with Crippen LogP contribution in [0.15, 0.2) is 47.4 Å². The van der Waals surface area contributed by atoms with Gasteiger partial charge in [-0.25, -0.2) is 4.98 Å². The summed E-state index contributed by atoms with van der Waals surface area (Å²) < 4.78 is 36.8. The number of H-pyrrole nitrogens is 1. The van der Waals surface area contributed by atoms with E-state index in [1.165, 1.54) is 6.07 Å². The third-order valence-electron chi connectivity index (χ3n) is 5.76. The van der Waals surface area contributed by atoms with Crippen molar-refractivity contribution in [3.63, 3.8) is 0 Å². The fourth-order valence-electron chi connectivity index (χ4n) is 4.05. The number of hydrogen-bond acceptors (Lipinski definition) is 7. The van der Waals surface area contributed by atoms with Crippen LogP contribution in [0, 0.1) is 5.92 Å². The number of hydrogen-bond donors (Lipinski definition) is 2. The van der Waals surface area contributed by atoms with E-state index in [0.29, 0.717) is 17.0 Å². The summed E-state index contributed by atoms with van der Waals surface area (Å²) in [7, 11) is -4.02. The van der Waals surface area contributed by atoms with Gasteiger partial charge in [-0.1, -0.05) is 0 Å². The molecule has 0 radical (unpaired) electrons. The second-order valence-corrected chi connectivity index (χ2v) is 10.3. The number of rotatable bonds is 6. The summed E-state index contributed by atoms with van der Waals surface area (Å²) in [6.07, 6.45) is 2.02. The van der Waals surface area contributed by atoms with Crippen LogP contribution >= 0.6 is 0 Å². The maximum atomic E-state index is 12.8. The minimum atomic E-state index is -4.02. The van der Waals surface area contributed by atoms with E-state index in [-0.39, 0.29) is 34.7 Å². The van der Waals surface area contributed by atoms with Gasteiger partial charge < -0.3 is 18.8 Å². The molecule has 9 nitrogen and oxygen atoms in total. The second-order valence-electron chi connectivity index (χ2n) is 8.72. The fourth-order valence-corrected chi connectivity index (χ4v) is 4.97. The summed E-state index contributed by atoms with van der Waals surface area (Å²) >= 11 is 0. The smallest absolute Gasteiger partial charge is 0.339 e. The van der Waals surface area contributed by atoms with Crippen LogP contribution < -0.4 is 14.4 Å². The van der Waals surface area contributed by atoms with E-state index in [1.807, 2.05) is 13.8 Å². The topological polar surface area (TPSA) is 114 Å². The van der Waals surface area contributed by atoms with Crippen LogP contribution in [0.25, 0.3) is 11.0 Å². The van der Waals surface area contributed by atoms with E-state index in [0.717, 1.165) is 31.6 Å². The van der Waals surface area contributed by atoms with Gasteiger partial charge in [0.25, 0.3) is 0 Å². The monoisotopic (exact) mass is 470 g/mol. The van der Waals surface area contributed by atoms with Gasteiger partial charge in [-0.2, -0.15) is 8.42 Å². The molecule has 2 aromatic carbocycles. The van der Waals surface area contributed by atoms with Crippen LogP contribution in [0.1, 0.15) is 26.7 Å². The Labute approximate surface area is 192 Å². The van der Waals surface area contributed by atoms with Gasteiger partial charge in [0.1, 0.15) is 10.6 Å². The molecule has 5 rings (SSSR count). The molecule has 2 aliphatic rings. The number of nitrogens with zero attached hydrogens (tertiary/aromatic N) is 2. The molecule has 2 fully saturated rings. The predicted molar refractivity (Wildman–Crippen MR) is 124 cm³/mol. The Bertz CT molecular complexity index is 1270. The van der Waals surface area contributed by atoms with Gasteiger partial charge in [0.15, 0.2) is 0 Å². The number of anilines is 2. The number of aromatic nitrogens is 2. The Morgan fingerprint density at radius 1 is 1.12 bits per heavy atom. The van der Waals surface area contributed by atoms with Crippen LogP contribution in [0.3, 0.4) is 0 Å². The SMILES string of the molecule is C[C@@H]1CN(c2ccc(S(=O)(=O)Oc3ccc4[nH]c(NC(=O)C5CC5)nc4c3)cc2)C[C@H](C)O1. The van der Waals surface area contributed by atoms with Gasteiger partial charge in [0.2, 0.25) is 11.9 Å². The predicted octanol–water partition coefficient (Wildman–Crippen LogP) is 3.29. The van der Waals surface area contributed by atoms with Crippen LogP contribution in [0.4, 0.5) is 11.6 Å². The second kappa shape index (κ2) is 8.35. The highest BCUT2D eigenvalue weighted by Crippen LogP contribution is 2.30. The molecule has 0 bridgehead atoms. The largest absolute Gasteiger partial charge is 0.379 e. The highest BCUT2D eigenvalue weighted by Gasteiger charge is 2.30. The van der Waals surface area contributed by atoms with Crippen molar-refractivity contribution in [3.8, 4) is 5.75 Å². The Balaban J connectivity index is 1.30. The molecule has 2 heterocycles. The highest BCUT2D eigenvalue weighted by molar-refractivity contribution is 7.87. The summed E-state index contributed by atoms with van der Waals surface area (Å²) in [5.74, 6) is 0.486. The van der Waals surface area contributed by atoms with Crippen LogP contribution in [-0.2, 0) is 19.6 Å². The minimum absolute atomic E-state index is 0.0578. The average Bonchev–Trinajstić information content (AvgIpc) is 3.54. The third kappa shape index (κ3) is 4.81. The van der Waals surface area contributed by atoms with Crippen molar-refractivity contribution >= 4 is 38.7 Å². The first-order valence-corrected chi connectivity index (χ1v) is 12.4. The Morgan fingerprint density at radius 2 is 1.82 bits per heavy atom. The zero-order chi connectivity index (χ0) is 23.2. The van der Waals surface area contributed by atoms with Gasteiger partial charge in [-0.3, -0.25) is 10.1 Å². The van der Waals surface area contributed by atoms with Crippen molar-refractivity contribution in [2.75, 3.05) is 23.3 Å². The number of imidazole rings is 1. The van der Waals surface area contributed by atoms with Crippen molar-refractivity contribution in [2.45, 2.75) is 43.8 Å². The van der Waals surface area contributed by atoms with Crippen molar-refractivity contribution in [3.05, 3.63) is 42.5 Å². The first-order chi connectivity index (χ1) is 15.8. The van der Waals surface area contributed by atoms with Gasteiger partial charge in [-0.15, -0.1) is 0 Å². The number of ether oxygens (including phenoxy) is 1. The lowest BCUT2D eigenvalue weighted by molar-refractivity contribution is -0.117. The summed E-state index contributed by atoms with van der Waals surface area (Å²) in [6.45, 7) is 5.55. The summed E-state index contributed by atoms with van der Waals surface area (Å²) in [5.41, 5.74) is 2.11. The van der Waals surface area contributed by atoms with E-state index in [1.54, 1.807) is 36.4 Å². The van der Waals surface area contributed by atoms with Crippen LogP contribution in [0.5, 0.6) is 5.75 Å². The first kappa shape index (κ1) is 21.7. The fraction of sp³-hybridized carbons (Fsp3) is 0.391. The van der Waals surface area contributed by atoms with E-state index in [4.69, 9.17) is 8.92 Å². The van der Waals surface area contributed by atoms with E-state index in [2.05, 4.69) is 20.2 Å². The number of fused-ring (bicyclic) bond motifs is 1. The molecule has 1 amide bonds. The number of carbonyl (C=O) groups excluding carboxylic acids is 1. The lowest BCUT2D eigenvalue weighted by Crippen LogP contribution is -2.45. The zero-order valence-corrected chi connectivity index (χ0v) is 19.3. The van der Waals surface area contributed by atoms with Gasteiger partial charge in [-0.05, 0) is 63.1 Å². The lowest BCUT2D eigenvalue weighted by Gasteiger charge is -2.36. The molecule has 10 heteroatoms. The van der Waals surface area contributed by atoms with E-state index >= 15 is 0 Å². The van der Waals surface area contributed by atoms with Gasteiger partial charge >= 0.3 is 10.1 Å². The molecule has 174 valence electrons. The molecule has 1 aliphatic heterocycles.